The minimum Gasteiger partial charge on any atom is -0.507 e. The lowest BCUT2D eigenvalue weighted by molar-refractivity contribution is -0.160. The number of aromatic hydroxyl groups is 1. The van der Waals surface area contributed by atoms with Crippen LogP contribution in [0.4, 0.5) is 0 Å². The number of amides is 1. The summed E-state index contributed by atoms with van der Waals surface area (Å²) in [4.78, 5) is 84.6. The molecular formula is C46H52N4O14. The number of benzene rings is 2. The number of aliphatic hydroxyl groups excluding tert-OH is 3. The van der Waals surface area contributed by atoms with Crippen LogP contribution in [-0.4, -0.2) is 90.8 Å². The van der Waals surface area contributed by atoms with Gasteiger partial charge in [0.1, 0.15) is 17.6 Å². The predicted molar refractivity (Wildman–Crippen MR) is 233 cm³/mol. The number of hydrogen-bond acceptors (Lipinski definition) is 15. The van der Waals surface area contributed by atoms with Gasteiger partial charge in [-0.3, -0.25) is 29.4 Å². The van der Waals surface area contributed by atoms with Crippen molar-refractivity contribution in [2.45, 2.75) is 85.6 Å². The molecule has 18 nitrogen and oxygen atoms in total. The number of ether oxygens (including phenoxy) is 4. The molecule has 0 radical (unpaired) electrons. The van der Waals surface area contributed by atoms with Gasteiger partial charge in [-0.25, -0.2) is 4.79 Å². The molecule has 3 aromatic rings. The van der Waals surface area contributed by atoms with Gasteiger partial charge in [0.2, 0.25) is 0 Å². The van der Waals surface area contributed by atoms with Gasteiger partial charge in [-0.05, 0) is 32.1 Å². The number of aromatic nitrogens is 2. The van der Waals surface area contributed by atoms with Crippen LogP contribution < -0.4 is 26.7 Å². The SMILES string of the molecule is CO[C@H]1/C=C/O[C@@]2(C)Oc3c(C)c(O)c4c(c3C2=O)C(=O)/C(=C/Nn2c(=O)[nH]c3ccccc3c2=O)C(=C4O)NC(=O)/C(C)=C\C=C\[C@H](C)[C@H](O)[C@@H](C)[C@@H](O)[C@@H](C)[C@H](OC(C)=O)[C@@H]1C. The molecule has 9 atom stereocenters. The van der Waals surface area contributed by atoms with E-state index in [1.165, 1.54) is 65.2 Å². The van der Waals surface area contributed by atoms with Gasteiger partial charge in [0.15, 0.2) is 11.5 Å². The number of nitrogens with one attached hydrogen (secondary N) is 3. The molecule has 3 aliphatic heterocycles. The number of H-pyrrole nitrogens is 1. The molecule has 0 unspecified atom stereocenters. The summed E-state index contributed by atoms with van der Waals surface area (Å²) in [5.74, 6) is -10.1. The van der Waals surface area contributed by atoms with E-state index in [4.69, 9.17) is 18.9 Å². The number of carbonyl (C=O) groups excluding carboxylic acids is 4. The number of Topliss-reactive ketones (excluding diaryl/α,β-unsaturated/α-hetero) is 2. The second-order valence-electron chi connectivity index (χ2n) is 16.5. The zero-order chi connectivity index (χ0) is 47.1. The van der Waals surface area contributed by atoms with Gasteiger partial charge in [0.25, 0.3) is 17.2 Å². The molecule has 0 fully saturated rings. The zero-order valence-electron chi connectivity index (χ0n) is 36.7. The summed E-state index contributed by atoms with van der Waals surface area (Å²) in [6.45, 7) is 12.0. The molecule has 0 saturated carbocycles. The van der Waals surface area contributed by atoms with Crippen molar-refractivity contribution in [3.8, 4) is 11.5 Å². The van der Waals surface area contributed by atoms with Crippen molar-refractivity contribution >= 4 is 40.1 Å². The number of phenolic OH excluding ortho intramolecular Hbond substituents is 1. The van der Waals surface area contributed by atoms with Gasteiger partial charge in [-0.15, -0.1) is 0 Å². The van der Waals surface area contributed by atoms with Crippen LogP contribution in [0.1, 0.15) is 80.3 Å². The first kappa shape index (κ1) is 46.7. The number of nitrogens with zero attached hydrogens (tertiary/aromatic N) is 1. The number of allylic oxidation sites excluding steroid dienone is 3. The van der Waals surface area contributed by atoms with Crippen molar-refractivity contribution in [3.05, 3.63) is 121 Å². The van der Waals surface area contributed by atoms with E-state index in [9.17, 15) is 49.2 Å². The minimum atomic E-state index is -2.18. The Labute approximate surface area is 367 Å². The number of fused-ring (bicyclic) bond motifs is 15. The first-order valence-corrected chi connectivity index (χ1v) is 20.5. The summed E-state index contributed by atoms with van der Waals surface area (Å²) in [7, 11) is 1.39. The Bertz CT molecular complexity index is 2710. The van der Waals surface area contributed by atoms with Gasteiger partial charge >= 0.3 is 17.4 Å². The van der Waals surface area contributed by atoms with Crippen LogP contribution in [0.25, 0.3) is 16.7 Å². The molecule has 1 aliphatic carbocycles. The van der Waals surface area contributed by atoms with Crippen LogP contribution >= 0.6 is 0 Å². The average molecular weight is 885 g/mol. The maximum absolute atomic E-state index is 14.8. The lowest BCUT2D eigenvalue weighted by Gasteiger charge is -2.38. The number of aromatic amines is 1. The van der Waals surface area contributed by atoms with Crippen molar-refractivity contribution < 1.29 is 58.6 Å². The number of phenols is 1. The van der Waals surface area contributed by atoms with Crippen molar-refractivity contribution in [2.75, 3.05) is 12.5 Å². The molecule has 340 valence electrons. The molecule has 1 amide bonds. The third-order valence-electron chi connectivity index (χ3n) is 12.2. The van der Waals surface area contributed by atoms with Crippen molar-refractivity contribution in [1.29, 1.82) is 0 Å². The molecule has 4 heterocycles. The molecular weight excluding hydrogens is 833 g/mol. The van der Waals surface area contributed by atoms with E-state index in [0.29, 0.717) is 4.68 Å². The van der Waals surface area contributed by atoms with E-state index >= 15 is 0 Å². The number of carbonyl (C=O) groups is 4. The normalized spacial score (nSPS) is 30.3. The fourth-order valence-electron chi connectivity index (χ4n) is 8.28. The minimum absolute atomic E-state index is 0.0342. The molecule has 7 N–H and O–H groups in total. The largest absolute Gasteiger partial charge is 0.507 e. The molecule has 5 bridgehead atoms. The molecule has 7 rings (SSSR count). The first-order valence-electron chi connectivity index (χ1n) is 20.5. The summed E-state index contributed by atoms with van der Waals surface area (Å²) in [5.41, 5.74) is -1.57. The van der Waals surface area contributed by atoms with Gasteiger partial charge in [-0.1, -0.05) is 58.1 Å². The highest BCUT2D eigenvalue weighted by molar-refractivity contribution is 6.26. The highest BCUT2D eigenvalue weighted by Gasteiger charge is 2.52. The number of methoxy groups -OCH3 is 1. The summed E-state index contributed by atoms with van der Waals surface area (Å²) in [6, 6.07) is 6.18. The topological polar surface area (TPSA) is 265 Å². The third-order valence-corrected chi connectivity index (χ3v) is 12.2. The number of aliphatic hydroxyl groups is 3. The quantitative estimate of drug-likeness (QED) is 0.145. The first-order chi connectivity index (χ1) is 30.1. The maximum Gasteiger partial charge on any atom is 0.348 e. The van der Waals surface area contributed by atoms with Crippen molar-refractivity contribution in [2.24, 2.45) is 23.7 Å². The summed E-state index contributed by atoms with van der Waals surface area (Å²) in [6.07, 6.45) is 3.82. The number of rotatable bonds is 4. The second kappa shape index (κ2) is 18.1. The third kappa shape index (κ3) is 8.38. The lowest BCUT2D eigenvalue weighted by atomic mass is 9.78. The Kier molecular flexibility index (Phi) is 13.3. The van der Waals surface area contributed by atoms with Gasteiger partial charge in [0.05, 0.1) is 63.4 Å². The highest BCUT2D eigenvalue weighted by Crippen LogP contribution is 2.50. The molecule has 18 heteroatoms. The van der Waals surface area contributed by atoms with Crippen LogP contribution in [0.2, 0.25) is 0 Å². The van der Waals surface area contributed by atoms with Crippen LogP contribution in [0.3, 0.4) is 0 Å². The summed E-state index contributed by atoms with van der Waals surface area (Å²) >= 11 is 0. The molecule has 4 aliphatic rings. The van der Waals surface area contributed by atoms with Crippen LogP contribution in [0.5, 0.6) is 11.5 Å². The van der Waals surface area contributed by atoms with Crippen LogP contribution in [0.15, 0.2) is 87.5 Å². The van der Waals surface area contributed by atoms with Crippen LogP contribution in [-0.2, 0) is 23.8 Å². The monoisotopic (exact) mass is 884 g/mol. The van der Waals surface area contributed by atoms with E-state index in [1.54, 1.807) is 45.9 Å². The Hall–Kier alpha value is -6.76. The average Bonchev–Trinajstić information content (AvgIpc) is 3.52. The van der Waals surface area contributed by atoms with Crippen molar-refractivity contribution in [3.63, 3.8) is 0 Å². The van der Waals surface area contributed by atoms with Crippen LogP contribution in [0, 0.1) is 30.6 Å². The van der Waals surface area contributed by atoms with E-state index in [-0.39, 0.29) is 33.4 Å². The zero-order valence-corrected chi connectivity index (χ0v) is 36.7. The highest BCUT2D eigenvalue weighted by atomic mass is 16.7. The van der Waals surface area contributed by atoms with Crippen molar-refractivity contribution in [1.82, 2.24) is 15.0 Å². The maximum atomic E-state index is 14.8. The number of ketones is 2. The smallest absolute Gasteiger partial charge is 0.348 e. The fraction of sp³-hybridized carbons (Fsp3) is 0.391. The van der Waals surface area contributed by atoms with E-state index in [1.807, 2.05) is 0 Å². The Morgan fingerprint density at radius 2 is 1.62 bits per heavy atom. The Morgan fingerprint density at radius 1 is 0.938 bits per heavy atom. The number of para-hydroxylation sites is 1. The van der Waals surface area contributed by atoms with E-state index in [0.717, 1.165) is 12.5 Å². The molecule has 0 spiro atoms. The fourth-order valence-corrected chi connectivity index (χ4v) is 8.28. The van der Waals surface area contributed by atoms with E-state index in [2.05, 4.69) is 15.7 Å². The number of esters is 1. The Morgan fingerprint density at radius 3 is 2.30 bits per heavy atom. The standard InChI is InChI=1S/C46H52N4O14/c1-20-13-12-14-21(2)43(58)49-34-28(19-47-50-44(59)27-15-10-11-16-29(27)48-45(50)60)38(55)31-32(39(34)56)37(54)25(6)41-33(31)42(57)46(8,64-41)62-18-17-30(61-9)22(3)40(63-26(7)51)24(5)36(53)23(4)35(20)52/h10-20,22-24,30,35-36,40,47,52-54,56H,1-9H3,(H,48,60)(H,49,58)/b13-12+,18-17+,21-14-,28-19+/t20-,22+,23+,24+,30-,35-,36+,40+,46-/m0/s1. The van der Waals surface area contributed by atoms with Gasteiger partial charge in [-0.2, -0.15) is 4.68 Å². The van der Waals surface area contributed by atoms with E-state index < -0.39 is 122 Å². The number of hydrogen-bond donors (Lipinski definition) is 7. The molecule has 0 saturated heterocycles. The molecule has 64 heavy (non-hydrogen) atoms. The lowest BCUT2D eigenvalue weighted by Crippen LogP contribution is -2.46. The molecule has 1 aromatic heterocycles. The molecule has 2 aromatic carbocycles. The predicted octanol–water partition coefficient (Wildman–Crippen LogP) is 3.92. The summed E-state index contributed by atoms with van der Waals surface area (Å²) < 4.78 is 24.0. The second-order valence-corrected chi connectivity index (χ2v) is 16.5. The Balaban J connectivity index is 1.53. The summed E-state index contributed by atoms with van der Waals surface area (Å²) in [5, 5.41) is 49.1. The van der Waals surface area contributed by atoms with Gasteiger partial charge < -0.3 is 49.7 Å². The van der Waals surface area contributed by atoms with Gasteiger partial charge in [0, 0.05) is 62.0 Å².